The molecule has 104 valence electrons. The molecule has 0 aromatic heterocycles. The van der Waals surface area contributed by atoms with Crippen LogP contribution >= 0.6 is 0 Å². The van der Waals surface area contributed by atoms with E-state index >= 15 is 0 Å². The molecule has 1 unspecified atom stereocenters. The van der Waals surface area contributed by atoms with Gasteiger partial charge in [0.05, 0.1) is 0 Å². The van der Waals surface area contributed by atoms with Crippen molar-refractivity contribution in [2.45, 2.75) is 53.4 Å². The van der Waals surface area contributed by atoms with E-state index in [4.69, 9.17) is 10.2 Å². The van der Waals surface area contributed by atoms with E-state index in [0.717, 1.165) is 19.3 Å². The molecule has 0 aromatic rings. The second-order valence-corrected chi connectivity index (χ2v) is 5.67. The number of rotatable bonds is 7. The Bertz CT molecular complexity index is 257. The van der Waals surface area contributed by atoms with Gasteiger partial charge in [-0.2, -0.15) is 0 Å². The summed E-state index contributed by atoms with van der Waals surface area (Å²) >= 11 is 0. The molecule has 0 amide bonds. The molecule has 0 saturated heterocycles. The minimum atomic E-state index is -1.28. The van der Waals surface area contributed by atoms with Crippen LogP contribution in [-0.2, 0) is 9.59 Å². The molecule has 0 radical (unpaired) electrons. The Morgan fingerprint density at radius 2 is 1.56 bits per heavy atom. The predicted molar refractivity (Wildman–Crippen MR) is 74.4 cm³/mol. The molecule has 0 rings (SSSR count). The summed E-state index contributed by atoms with van der Waals surface area (Å²) in [5.74, 6) is -3.62. The van der Waals surface area contributed by atoms with Gasteiger partial charge in [0, 0.05) is 0 Å². The van der Waals surface area contributed by atoms with E-state index in [1.807, 2.05) is 20.8 Å². The van der Waals surface area contributed by atoms with Crippen LogP contribution < -0.4 is 0 Å². The molecule has 0 heterocycles. The molecule has 2 N–H and O–H groups in total. The van der Waals surface area contributed by atoms with E-state index in [1.165, 1.54) is 0 Å². The van der Waals surface area contributed by atoms with E-state index in [0.29, 0.717) is 0 Å². The van der Waals surface area contributed by atoms with E-state index in [9.17, 15) is 9.59 Å². The maximum atomic E-state index is 10.9. The van der Waals surface area contributed by atoms with Crippen LogP contribution in [0.25, 0.3) is 0 Å². The molecule has 0 spiro atoms. The molecular formula is C13H26CaO4. The fourth-order valence-corrected chi connectivity index (χ4v) is 1.95. The average molecular weight is 286 g/mol. The summed E-state index contributed by atoms with van der Waals surface area (Å²) in [6, 6.07) is 0. The van der Waals surface area contributed by atoms with Crippen LogP contribution in [0.5, 0.6) is 0 Å². The molecule has 0 bridgehead atoms. The third-order valence-electron chi connectivity index (χ3n) is 3.25. The van der Waals surface area contributed by atoms with E-state index in [-0.39, 0.29) is 55.5 Å². The van der Waals surface area contributed by atoms with Crippen molar-refractivity contribution in [3.8, 4) is 0 Å². The van der Waals surface area contributed by atoms with Gasteiger partial charge in [0.25, 0.3) is 0 Å². The Hall–Kier alpha value is 0.200. The van der Waals surface area contributed by atoms with Gasteiger partial charge in [-0.3, -0.25) is 9.59 Å². The van der Waals surface area contributed by atoms with Gasteiger partial charge in [0.15, 0.2) is 5.92 Å². The molecule has 1 atom stereocenters. The van der Waals surface area contributed by atoms with Crippen LogP contribution in [0, 0.1) is 17.3 Å². The summed E-state index contributed by atoms with van der Waals surface area (Å²) in [5.41, 5.74) is -0.0572. The number of carbonyl (C=O) groups is 2. The van der Waals surface area contributed by atoms with Crippen LogP contribution in [0.15, 0.2) is 0 Å². The summed E-state index contributed by atoms with van der Waals surface area (Å²) in [4.78, 5) is 21.8. The summed E-state index contributed by atoms with van der Waals surface area (Å²) in [6.07, 6.45) is 3.15. The van der Waals surface area contributed by atoms with E-state index < -0.39 is 17.9 Å². The van der Waals surface area contributed by atoms with Gasteiger partial charge >= 0.3 is 49.7 Å². The number of carboxylic acid groups (broad SMARTS) is 2. The van der Waals surface area contributed by atoms with Gasteiger partial charge in [0.1, 0.15) is 0 Å². The summed E-state index contributed by atoms with van der Waals surface area (Å²) in [6.45, 7) is 8.18. The summed E-state index contributed by atoms with van der Waals surface area (Å²) < 4.78 is 0. The molecule has 0 fully saturated rings. The SMILES string of the molecule is CCCCC(CC(C(=O)O)C(=O)O)C(C)(C)C.[CaH2]. The fourth-order valence-electron chi connectivity index (χ4n) is 1.95. The molecule has 5 heteroatoms. The van der Waals surface area contributed by atoms with Crippen LogP contribution in [0.2, 0.25) is 0 Å². The summed E-state index contributed by atoms with van der Waals surface area (Å²) in [7, 11) is 0. The van der Waals surface area contributed by atoms with Crippen LogP contribution in [0.3, 0.4) is 0 Å². The van der Waals surface area contributed by atoms with Crippen molar-refractivity contribution in [1.29, 1.82) is 0 Å². The first-order valence-corrected chi connectivity index (χ1v) is 6.15. The zero-order chi connectivity index (χ0) is 13.6. The normalized spacial score (nSPS) is 12.9. The number of aliphatic carboxylic acids is 2. The Kier molecular flexibility index (Phi) is 10.4. The third kappa shape index (κ3) is 7.59. The zero-order valence-corrected chi connectivity index (χ0v) is 11.2. The van der Waals surface area contributed by atoms with Gasteiger partial charge in [-0.25, -0.2) is 0 Å². The van der Waals surface area contributed by atoms with Crippen molar-refractivity contribution in [2.24, 2.45) is 17.3 Å². The van der Waals surface area contributed by atoms with E-state index in [2.05, 4.69) is 6.92 Å². The predicted octanol–water partition coefficient (Wildman–Crippen LogP) is 2.10. The Labute approximate surface area is 139 Å². The Morgan fingerprint density at radius 1 is 1.11 bits per heavy atom. The number of carboxylic acids is 2. The van der Waals surface area contributed by atoms with E-state index in [1.54, 1.807) is 0 Å². The van der Waals surface area contributed by atoms with Crippen molar-refractivity contribution < 1.29 is 19.8 Å². The second kappa shape index (κ2) is 9.16. The van der Waals surface area contributed by atoms with Crippen molar-refractivity contribution in [3.05, 3.63) is 0 Å². The minimum absolute atomic E-state index is 0. The number of hydrogen-bond donors (Lipinski definition) is 2. The number of unbranched alkanes of at least 4 members (excludes halogenated alkanes) is 1. The van der Waals surface area contributed by atoms with Crippen LogP contribution in [-0.4, -0.2) is 59.9 Å². The first-order chi connectivity index (χ1) is 7.70. The van der Waals surface area contributed by atoms with Gasteiger partial charge in [0.2, 0.25) is 0 Å². The molecule has 0 aromatic carbocycles. The summed E-state index contributed by atoms with van der Waals surface area (Å²) in [5, 5.41) is 17.8. The Morgan fingerprint density at radius 3 is 1.83 bits per heavy atom. The van der Waals surface area contributed by atoms with Crippen molar-refractivity contribution >= 4 is 49.7 Å². The number of hydrogen-bond acceptors (Lipinski definition) is 2. The van der Waals surface area contributed by atoms with Gasteiger partial charge in [-0.15, -0.1) is 0 Å². The monoisotopic (exact) mass is 286 g/mol. The quantitative estimate of drug-likeness (QED) is 0.555. The molecule has 0 aliphatic heterocycles. The second-order valence-electron chi connectivity index (χ2n) is 5.67. The standard InChI is InChI=1S/C13H24O4.Ca.2H/c1-5-6-7-9(13(2,3)4)8-10(11(14)15)12(16)17;;;/h9-10H,5-8H2,1-4H3,(H,14,15)(H,16,17);;;. The van der Waals surface area contributed by atoms with Crippen molar-refractivity contribution in [3.63, 3.8) is 0 Å². The molecule has 18 heavy (non-hydrogen) atoms. The molecule has 0 saturated carbocycles. The van der Waals surface area contributed by atoms with Gasteiger partial charge in [-0.05, 0) is 24.2 Å². The topological polar surface area (TPSA) is 74.6 Å². The molecule has 4 nitrogen and oxygen atoms in total. The first-order valence-electron chi connectivity index (χ1n) is 6.15. The van der Waals surface area contributed by atoms with Crippen molar-refractivity contribution in [2.75, 3.05) is 0 Å². The zero-order valence-electron chi connectivity index (χ0n) is 11.2. The van der Waals surface area contributed by atoms with Crippen LogP contribution in [0.4, 0.5) is 0 Å². The van der Waals surface area contributed by atoms with Crippen molar-refractivity contribution in [1.82, 2.24) is 0 Å². The fraction of sp³-hybridized carbons (Fsp3) is 0.846. The average Bonchev–Trinajstić information content (AvgIpc) is 2.14. The van der Waals surface area contributed by atoms with Gasteiger partial charge < -0.3 is 10.2 Å². The maximum absolute atomic E-state index is 10.9. The van der Waals surface area contributed by atoms with Crippen LogP contribution in [0.1, 0.15) is 53.4 Å². The first kappa shape index (κ1) is 20.5. The Balaban J connectivity index is 0. The molecule has 0 aliphatic carbocycles. The molecular weight excluding hydrogens is 260 g/mol. The van der Waals surface area contributed by atoms with Gasteiger partial charge in [-0.1, -0.05) is 40.5 Å². The molecule has 0 aliphatic rings. The third-order valence-corrected chi connectivity index (χ3v) is 3.25.